The van der Waals surface area contributed by atoms with Crippen molar-refractivity contribution in [3.8, 4) is 5.75 Å². The van der Waals surface area contributed by atoms with Crippen molar-refractivity contribution in [1.82, 2.24) is 15.1 Å². The van der Waals surface area contributed by atoms with Gasteiger partial charge in [0.15, 0.2) is 0 Å². The molecule has 0 bridgehead atoms. The van der Waals surface area contributed by atoms with Gasteiger partial charge >= 0.3 is 6.03 Å². The van der Waals surface area contributed by atoms with Crippen molar-refractivity contribution in [2.75, 3.05) is 53.0 Å². The van der Waals surface area contributed by atoms with E-state index < -0.39 is 0 Å². The van der Waals surface area contributed by atoms with Crippen LogP contribution in [0.3, 0.4) is 0 Å². The van der Waals surface area contributed by atoms with Gasteiger partial charge < -0.3 is 19.7 Å². The molecule has 0 spiro atoms. The van der Waals surface area contributed by atoms with Gasteiger partial charge in [0.25, 0.3) is 0 Å². The van der Waals surface area contributed by atoms with Crippen molar-refractivity contribution >= 4 is 17.6 Å². The molecule has 25 heavy (non-hydrogen) atoms. The number of halogens is 1. The summed E-state index contributed by atoms with van der Waals surface area (Å²) in [5.74, 6) is 0.709. The summed E-state index contributed by atoms with van der Waals surface area (Å²) in [6.45, 7) is 7.33. The maximum atomic E-state index is 12.1. The maximum absolute atomic E-state index is 12.1. The molecule has 1 fully saturated rings. The third-order valence-electron chi connectivity index (χ3n) is 4.35. The molecule has 1 aliphatic heterocycles. The number of amides is 2. The van der Waals surface area contributed by atoms with Crippen LogP contribution < -0.4 is 10.1 Å². The Kier molecular flexibility index (Phi) is 8.31. The van der Waals surface area contributed by atoms with Crippen LogP contribution in [0, 0.1) is 0 Å². The SMILES string of the molecule is C[C@H](CCNC(=O)N(C)CCOc1cccc(Cl)c1)N1CCOCC1. The molecule has 1 aliphatic rings. The Morgan fingerprint density at radius 1 is 1.44 bits per heavy atom. The highest BCUT2D eigenvalue weighted by atomic mass is 35.5. The average molecular weight is 370 g/mol. The number of hydrogen-bond donors (Lipinski definition) is 1. The van der Waals surface area contributed by atoms with E-state index in [1.54, 1.807) is 24.1 Å². The van der Waals surface area contributed by atoms with Crippen LogP contribution in [-0.4, -0.2) is 74.9 Å². The van der Waals surface area contributed by atoms with Crippen molar-refractivity contribution < 1.29 is 14.3 Å². The molecule has 1 heterocycles. The van der Waals surface area contributed by atoms with Gasteiger partial charge in [-0.3, -0.25) is 4.90 Å². The van der Waals surface area contributed by atoms with Gasteiger partial charge in [0.2, 0.25) is 0 Å². The lowest BCUT2D eigenvalue weighted by molar-refractivity contribution is 0.0188. The van der Waals surface area contributed by atoms with E-state index >= 15 is 0 Å². The second-order valence-electron chi connectivity index (χ2n) is 6.25. The van der Waals surface area contributed by atoms with Crippen LogP contribution in [0.4, 0.5) is 4.79 Å². The monoisotopic (exact) mass is 369 g/mol. The number of ether oxygens (including phenoxy) is 2. The molecule has 1 N–H and O–H groups in total. The van der Waals surface area contributed by atoms with Gasteiger partial charge in [-0.05, 0) is 31.5 Å². The third-order valence-corrected chi connectivity index (χ3v) is 4.58. The lowest BCUT2D eigenvalue weighted by Crippen LogP contribution is -2.45. The molecule has 6 nitrogen and oxygen atoms in total. The predicted octanol–water partition coefficient (Wildman–Crippen LogP) is 2.47. The fraction of sp³-hybridized carbons (Fsp3) is 0.611. The quantitative estimate of drug-likeness (QED) is 0.764. The van der Waals surface area contributed by atoms with Gasteiger partial charge in [0, 0.05) is 37.7 Å². The summed E-state index contributed by atoms with van der Waals surface area (Å²) in [5, 5.41) is 3.60. The first kappa shape index (κ1) is 19.8. The van der Waals surface area contributed by atoms with Gasteiger partial charge in [-0.15, -0.1) is 0 Å². The first-order valence-electron chi connectivity index (χ1n) is 8.75. The van der Waals surface area contributed by atoms with E-state index in [1.807, 2.05) is 12.1 Å². The molecule has 0 aromatic heterocycles. The van der Waals surface area contributed by atoms with Crippen molar-refractivity contribution in [2.24, 2.45) is 0 Å². The molecular formula is C18H28ClN3O3. The first-order valence-corrected chi connectivity index (χ1v) is 9.13. The van der Waals surface area contributed by atoms with Crippen molar-refractivity contribution in [1.29, 1.82) is 0 Å². The van der Waals surface area contributed by atoms with Gasteiger partial charge in [-0.2, -0.15) is 0 Å². The van der Waals surface area contributed by atoms with E-state index in [9.17, 15) is 4.79 Å². The number of carbonyl (C=O) groups excluding carboxylic acids is 1. The number of urea groups is 1. The Hall–Kier alpha value is -1.50. The van der Waals surface area contributed by atoms with Crippen LogP contribution in [0.1, 0.15) is 13.3 Å². The highest BCUT2D eigenvalue weighted by Crippen LogP contribution is 2.16. The van der Waals surface area contributed by atoms with Crippen molar-refractivity contribution in [3.63, 3.8) is 0 Å². The van der Waals surface area contributed by atoms with Crippen LogP contribution in [-0.2, 0) is 4.74 Å². The molecular weight excluding hydrogens is 342 g/mol. The van der Waals surface area contributed by atoms with Gasteiger partial charge in [0.1, 0.15) is 12.4 Å². The van der Waals surface area contributed by atoms with Crippen LogP contribution in [0.5, 0.6) is 5.75 Å². The first-order chi connectivity index (χ1) is 12.1. The predicted molar refractivity (Wildman–Crippen MR) is 99.4 cm³/mol. The van der Waals surface area contributed by atoms with E-state index in [1.165, 1.54) is 0 Å². The van der Waals surface area contributed by atoms with E-state index in [4.69, 9.17) is 21.1 Å². The zero-order valence-corrected chi connectivity index (χ0v) is 15.8. The van der Waals surface area contributed by atoms with E-state index in [2.05, 4.69) is 17.1 Å². The molecule has 1 aromatic carbocycles. The highest BCUT2D eigenvalue weighted by molar-refractivity contribution is 6.30. The van der Waals surface area contributed by atoms with E-state index in [0.717, 1.165) is 32.7 Å². The minimum absolute atomic E-state index is 0.0797. The molecule has 1 aromatic rings. The number of likely N-dealkylation sites (N-methyl/N-ethyl adjacent to an activating group) is 1. The number of carbonyl (C=O) groups is 1. The Labute approximate surface area is 155 Å². The van der Waals surface area contributed by atoms with Crippen LogP contribution in [0.2, 0.25) is 5.02 Å². The van der Waals surface area contributed by atoms with Crippen LogP contribution >= 0.6 is 11.6 Å². The summed E-state index contributed by atoms with van der Waals surface area (Å²) in [5.41, 5.74) is 0. The zero-order valence-electron chi connectivity index (χ0n) is 15.0. The second-order valence-corrected chi connectivity index (χ2v) is 6.68. The Morgan fingerprint density at radius 2 is 2.20 bits per heavy atom. The summed E-state index contributed by atoms with van der Waals surface area (Å²) in [6.07, 6.45) is 0.929. The molecule has 0 aliphatic carbocycles. The van der Waals surface area contributed by atoms with Gasteiger partial charge in [-0.25, -0.2) is 4.79 Å². The fourth-order valence-electron chi connectivity index (χ4n) is 2.68. The maximum Gasteiger partial charge on any atom is 0.317 e. The summed E-state index contributed by atoms with van der Waals surface area (Å²) in [7, 11) is 1.77. The number of rotatable bonds is 8. The van der Waals surface area contributed by atoms with E-state index in [0.29, 0.717) is 36.5 Å². The van der Waals surface area contributed by atoms with Crippen LogP contribution in [0.25, 0.3) is 0 Å². The van der Waals surface area contributed by atoms with E-state index in [-0.39, 0.29) is 6.03 Å². The Morgan fingerprint density at radius 3 is 2.92 bits per heavy atom. The lowest BCUT2D eigenvalue weighted by Gasteiger charge is -2.32. The van der Waals surface area contributed by atoms with Gasteiger partial charge in [0.05, 0.1) is 19.8 Å². The van der Waals surface area contributed by atoms with Crippen LogP contribution in [0.15, 0.2) is 24.3 Å². The Bertz CT molecular complexity index is 538. The normalized spacial score (nSPS) is 16.3. The molecule has 1 atom stereocenters. The lowest BCUT2D eigenvalue weighted by atomic mass is 10.2. The standard InChI is InChI=1S/C18H28ClN3O3/c1-15(22-9-11-24-12-10-22)6-7-20-18(23)21(2)8-13-25-17-5-3-4-16(19)14-17/h3-5,14-15H,6-13H2,1-2H3,(H,20,23)/t15-/m1/s1. The number of morpholine rings is 1. The summed E-state index contributed by atoms with van der Waals surface area (Å²) >= 11 is 5.91. The highest BCUT2D eigenvalue weighted by Gasteiger charge is 2.17. The molecule has 1 saturated heterocycles. The number of hydrogen-bond acceptors (Lipinski definition) is 4. The minimum atomic E-state index is -0.0797. The molecule has 0 saturated carbocycles. The molecule has 140 valence electrons. The minimum Gasteiger partial charge on any atom is -0.492 e. The number of nitrogens with one attached hydrogen (secondary N) is 1. The molecule has 2 rings (SSSR count). The number of benzene rings is 1. The molecule has 7 heteroatoms. The fourth-order valence-corrected chi connectivity index (χ4v) is 2.86. The number of nitrogens with zero attached hydrogens (tertiary/aromatic N) is 2. The average Bonchev–Trinajstić information content (AvgIpc) is 2.62. The third kappa shape index (κ3) is 7.10. The zero-order chi connectivity index (χ0) is 18.1. The molecule has 0 radical (unpaired) electrons. The van der Waals surface area contributed by atoms with Crippen molar-refractivity contribution in [3.05, 3.63) is 29.3 Å². The molecule has 2 amide bonds. The topological polar surface area (TPSA) is 54.0 Å². The summed E-state index contributed by atoms with van der Waals surface area (Å²) in [6, 6.07) is 7.60. The Balaban J connectivity index is 1.59. The smallest absolute Gasteiger partial charge is 0.317 e. The summed E-state index contributed by atoms with van der Waals surface area (Å²) in [4.78, 5) is 16.1. The molecule has 0 unspecified atom stereocenters. The van der Waals surface area contributed by atoms with Gasteiger partial charge in [-0.1, -0.05) is 17.7 Å². The summed E-state index contributed by atoms with van der Waals surface area (Å²) < 4.78 is 11.0. The second kappa shape index (κ2) is 10.5. The largest absolute Gasteiger partial charge is 0.492 e. The van der Waals surface area contributed by atoms with Crippen molar-refractivity contribution in [2.45, 2.75) is 19.4 Å².